The summed E-state index contributed by atoms with van der Waals surface area (Å²) in [6, 6.07) is 8.57. The topological polar surface area (TPSA) is 105 Å². The van der Waals surface area contributed by atoms with Crippen molar-refractivity contribution in [3.05, 3.63) is 52.0 Å². The van der Waals surface area contributed by atoms with E-state index in [1.54, 1.807) is 25.1 Å². The van der Waals surface area contributed by atoms with Crippen LogP contribution >= 0.6 is 23.2 Å². The molecule has 0 aromatic heterocycles. The van der Waals surface area contributed by atoms with Crippen molar-refractivity contribution in [3.8, 4) is 11.5 Å². The largest absolute Gasteiger partial charge is 0.454 e. The molecule has 0 saturated carbocycles. The van der Waals surface area contributed by atoms with Crippen LogP contribution < -0.4 is 19.1 Å². The molecule has 0 radical (unpaired) electrons. The molecule has 12 heteroatoms. The van der Waals surface area contributed by atoms with Crippen molar-refractivity contribution in [2.45, 2.75) is 25.9 Å². The van der Waals surface area contributed by atoms with Gasteiger partial charge in [-0.2, -0.15) is 0 Å². The van der Waals surface area contributed by atoms with Gasteiger partial charge in [-0.3, -0.25) is 13.9 Å². The third-order valence-corrected chi connectivity index (χ3v) is 7.04. The third-order valence-electron chi connectivity index (χ3n) is 5.31. The maximum atomic E-state index is 13.5. The van der Waals surface area contributed by atoms with Gasteiger partial charge in [0.05, 0.1) is 11.9 Å². The van der Waals surface area contributed by atoms with Crippen molar-refractivity contribution in [1.29, 1.82) is 0 Å². The van der Waals surface area contributed by atoms with Crippen molar-refractivity contribution >= 4 is 50.7 Å². The first kappa shape index (κ1) is 25.9. The van der Waals surface area contributed by atoms with Crippen molar-refractivity contribution in [3.63, 3.8) is 0 Å². The highest BCUT2D eigenvalue weighted by Gasteiger charge is 2.32. The second kappa shape index (κ2) is 10.7. The molecule has 0 unspecified atom stereocenters. The van der Waals surface area contributed by atoms with E-state index in [4.69, 9.17) is 32.7 Å². The van der Waals surface area contributed by atoms with Crippen molar-refractivity contribution < 1.29 is 27.5 Å². The van der Waals surface area contributed by atoms with Gasteiger partial charge in [-0.15, -0.1) is 0 Å². The van der Waals surface area contributed by atoms with Gasteiger partial charge in [0.15, 0.2) is 11.5 Å². The number of hydrogen-bond donors (Lipinski definition) is 1. The smallest absolute Gasteiger partial charge is 0.244 e. The van der Waals surface area contributed by atoms with Crippen LogP contribution in [0.4, 0.5) is 5.69 Å². The lowest BCUT2D eigenvalue weighted by Gasteiger charge is -2.32. The highest BCUT2D eigenvalue weighted by molar-refractivity contribution is 7.92. The van der Waals surface area contributed by atoms with E-state index in [-0.39, 0.29) is 24.9 Å². The van der Waals surface area contributed by atoms with Crippen LogP contribution in [0.2, 0.25) is 10.0 Å². The Hall–Kier alpha value is -2.69. The minimum absolute atomic E-state index is 0.0144. The summed E-state index contributed by atoms with van der Waals surface area (Å²) in [5.41, 5.74) is 0.799. The van der Waals surface area contributed by atoms with Gasteiger partial charge in [0.2, 0.25) is 28.6 Å². The standard InChI is InChI=1S/C22H25Cl2N3O6S/c1-4-18(22(29)25-2)26(11-14-5-6-15(23)9-17(14)24)21(28)12-27(34(3,30)31)16-7-8-19-20(10-16)33-13-32-19/h5-10,18H,4,11-13H2,1-3H3,(H,25,29)/t18-/m0/s1. The maximum absolute atomic E-state index is 13.5. The van der Waals surface area contributed by atoms with Gasteiger partial charge in [-0.25, -0.2) is 8.42 Å². The van der Waals surface area contributed by atoms with Crippen LogP contribution in [0.25, 0.3) is 0 Å². The number of sulfonamides is 1. The van der Waals surface area contributed by atoms with E-state index in [1.165, 1.54) is 30.1 Å². The Morgan fingerprint density at radius 2 is 1.82 bits per heavy atom. The predicted octanol–water partition coefficient (Wildman–Crippen LogP) is 3.04. The normalized spacial score (nSPS) is 13.3. The molecule has 1 aliphatic heterocycles. The van der Waals surface area contributed by atoms with E-state index >= 15 is 0 Å². The number of halogens is 2. The number of benzene rings is 2. The zero-order chi connectivity index (χ0) is 25.0. The first-order valence-electron chi connectivity index (χ1n) is 10.4. The molecule has 0 aliphatic carbocycles. The summed E-state index contributed by atoms with van der Waals surface area (Å²) >= 11 is 12.3. The zero-order valence-corrected chi connectivity index (χ0v) is 21.2. The molecule has 1 N–H and O–H groups in total. The van der Waals surface area contributed by atoms with Gasteiger partial charge >= 0.3 is 0 Å². The summed E-state index contributed by atoms with van der Waals surface area (Å²) in [5, 5.41) is 3.31. The average Bonchev–Trinajstić information content (AvgIpc) is 3.25. The summed E-state index contributed by atoms with van der Waals surface area (Å²) in [6.07, 6.45) is 1.31. The van der Waals surface area contributed by atoms with Gasteiger partial charge in [-0.05, 0) is 36.2 Å². The molecule has 0 saturated heterocycles. The molecule has 0 fully saturated rings. The predicted molar refractivity (Wildman–Crippen MR) is 130 cm³/mol. The number of anilines is 1. The number of rotatable bonds is 9. The minimum Gasteiger partial charge on any atom is -0.454 e. The second-order valence-corrected chi connectivity index (χ2v) is 10.4. The molecular weight excluding hydrogens is 505 g/mol. The molecule has 2 amide bonds. The Balaban J connectivity index is 1.96. The second-order valence-electron chi connectivity index (χ2n) is 7.60. The average molecular weight is 530 g/mol. The zero-order valence-electron chi connectivity index (χ0n) is 18.9. The molecule has 1 atom stereocenters. The first-order valence-corrected chi connectivity index (χ1v) is 13.0. The summed E-state index contributed by atoms with van der Waals surface area (Å²) in [6.45, 7) is 1.24. The minimum atomic E-state index is -3.86. The molecule has 3 rings (SSSR count). The Labute approximate surface area is 208 Å². The van der Waals surface area contributed by atoms with Crippen LogP contribution in [-0.4, -0.2) is 57.8 Å². The highest BCUT2D eigenvalue weighted by atomic mass is 35.5. The quantitative estimate of drug-likeness (QED) is 0.535. The first-order chi connectivity index (χ1) is 16.0. The van der Waals surface area contributed by atoms with Gasteiger partial charge in [-0.1, -0.05) is 36.2 Å². The monoisotopic (exact) mass is 529 g/mol. The fraction of sp³-hybridized carbons (Fsp3) is 0.364. The Kier molecular flexibility index (Phi) is 8.17. The van der Waals surface area contributed by atoms with Crippen LogP contribution in [0, 0.1) is 0 Å². The highest BCUT2D eigenvalue weighted by Crippen LogP contribution is 2.36. The summed E-state index contributed by atoms with van der Waals surface area (Å²) in [4.78, 5) is 27.4. The number of nitrogens with zero attached hydrogens (tertiary/aromatic N) is 2. The van der Waals surface area contributed by atoms with E-state index in [1.807, 2.05) is 0 Å². The number of nitrogens with one attached hydrogen (secondary N) is 1. The van der Waals surface area contributed by atoms with Gasteiger partial charge in [0, 0.05) is 29.7 Å². The van der Waals surface area contributed by atoms with Crippen LogP contribution in [0.15, 0.2) is 36.4 Å². The molecule has 34 heavy (non-hydrogen) atoms. The molecule has 2 aromatic carbocycles. The number of carbonyl (C=O) groups excluding carboxylic acids is 2. The summed E-state index contributed by atoms with van der Waals surface area (Å²) in [5.74, 6) is -0.104. The van der Waals surface area contributed by atoms with Crippen LogP contribution in [0.1, 0.15) is 18.9 Å². The number of fused-ring (bicyclic) bond motifs is 1. The summed E-state index contributed by atoms with van der Waals surface area (Å²) < 4.78 is 36.9. The van der Waals surface area contributed by atoms with Crippen molar-refractivity contribution in [2.24, 2.45) is 0 Å². The maximum Gasteiger partial charge on any atom is 0.244 e. The van der Waals surface area contributed by atoms with Crippen LogP contribution in [0.5, 0.6) is 11.5 Å². The molecule has 0 bridgehead atoms. The van der Waals surface area contributed by atoms with Gasteiger partial charge < -0.3 is 19.7 Å². The Morgan fingerprint density at radius 1 is 1.12 bits per heavy atom. The van der Waals surface area contributed by atoms with Crippen LogP contribution in [-0.2, 0) is 26.2 Å². The van der Waals surface area contributed by atoms with Crippen molar-refractivity contribution in [2.75, 3.05) is 30.9 Å². The van der Waals surface area contributed by atoms with Crippen LogP contribution in [0.3, 0.4) is 0 Å². The van der Waals surface area contributed by atoms with Crippen molar-refractivity contribution in [1.82, 2.24) is 10.2 Å². The fourth-order valence-electron chi connectivity index (χ4n) is 3.57. The van der Waals surface area contributed by atoms with E-state index in [0.717, 1.165) is 10.6 Å². The third kappa shape index (κ3) is 5.86. The number of hydrogen-bond acceptors (Lipinski definition) is 6. The summed E-state index contributed by atoms with van der Waals surface area (Å²) in [7, 11) is -2.39. The Bertz CT molecular complexity index is 1190. The van der Waals surface area contributed by atoms with Gasteiger partial charge in [0.25, 0.3) is 0 Å². The number of likely N-dealkylation sites (N-methyl/N-ethyl adjacent to an activating group) is 1. The number of amides is 2. The molecule has 1 heterocycles. The number of carbonyl (C=O) groups is 2. The molecule has 9 nitrogen and oxygen atoms in total. The number of ether oxygens (including phenoxy) is 2. The molecule has 2 aromatic rings. The molecule has 184 valence electrons. The van der Waals surface area contributed by atoms with E-state index in [0.29, 0.717) is 33.5 Å². The lowest BCUT2D eigenvalue weighted by Crippen LogP contribution is -2.51. The molecule has 0 spiro atoms. The van der Waals surface area contributed by atoms with E-state index < -0.39 is 28.5 Å². The lowest BCUT2D eigenvalue weighted by molar-refractivity contribution is -0.140. The van der Waals surface area contributed by atoms with Gasteiger partial charge in [0.1, 0.15) is 12.6 Å². The van der Waals surface area contributed by atoms with E-state index in [2.05, 4.69) is 5.32 Å². The van der Waals surface area contributed by atoms with E-state index in [9.17, 15) is 18.0 Å². The SMILES string of the molecule is CC[C@@H](C(=O)NC)N(Cc1ccc(Cl)cc1Cl)C(=O)CN(c1ccc2c(c1)OCO2)S(C)(=O)=O. The Morgan fingerprint density at radius 3 is 2.44 bits per heavy atom. The lowest BCUT2D eigenvalue weighted by atomic mass is 10.1. The molecule has 1 aliphatic rings. The fourth-order valence-corrected chi connectivity index (χ4v) is 4.88. The molecular formula is C22H25Cl2N3O6S.